The highest BCUT2D eigenvalue weighted by atomic mass is 35.5. The molecule has 0 N–H and O–H groups in total. The molecule has 1 aliphatic carbocycles. The van der Waals surface area contributed by atoms with Crippen LogP contribution in [0.25, 0.3) is 0 Å². The average Bonchev–Trinajstić information content (AvgIpc) is 2.35. The van der Waals surface area contributed by atoms with Crippen LogP contribution >= 0.6 is 11.6 Å². The molecule has 0 radical (unpaired) electrons. The van der Waals surface area contributed by atoms with Crippen molar-refractivity contribution >= 4 is 11.6 Å². The number of para-hydroxylation sites is 1. The number of ether oxygens (including phenoxy) is 1. The Hall–Kier alpha value is -0.690. The molecule has 0 bridgehead atoms. The van der Waals surface area contributed by atoms with Crippen LogP contribution in [0.3, 0.4) is 0 Å². The standard InChI is InChI=1S/C15H21ClO/c1-12-7-8-15(16)13(11-12)9-10-17-14-5-3-2-4-6-14/h2-6,12-13,15H,7-11H2,1H3. The Labute approximate surface area is 109 Å². The number of hydrogen-bond acceptors (Lipinski definition) is 1. The summed E-state index contributed by atoms with van der Waals surface area (Å²) in [4.78, 5) is 0. The van der Waals surface area contributed by atoms with Gasteiger partial charge in [-0.1, -0.05) is 25.1 Å². The third-order valence-corrected chi connectivity index (χ3v) is 4.23. The fraction of sp³-hybridized carbons (Fsp3) is 0.600. The second kappa shape index (κ2) is 6.30. The molecule has 0 spiro atoms. The van der Waals surface area contributed by atoms with E-state index in [1.54, 1.807) is 0 Å². The van der Waals surface area contributed by atoms with Crippen molar-refractivity contribution in [1.29, 1.82) is 0 Å². The summed E-state index contributed by atoms with van der Waals surface area (Å²) < 4.78 is 5.73. The third-order valence-electron chi connectivity index (χ3n) is 3.65. The van der Waals surface area contributed by atoms with E-state index < -0.39 is 0 Å². The van der Waals surface area contributed by atoms with E-state index in [4.69, 9.17) is 16.3 Å². The Kier molecular flexibility index (Phi) is 4.73. The van der Waals surface area contributed by atoms with E-state index in [9.17, 15) is 0 Å². The van der Waals surface area contributed by atoms with Gasteiger partial charge in [-0.05, 0) is 49.7 Å². The van der Waals surface area contributed by atoms with Crippen molar-refractivity contribution < 1.29 is 4.74 Å². The van der Waals surface area contributed by atoms with Crippen molar-refractivity contribution in [2.24, 2.45) is 11.8 Å². The molecule has 1 aromatic rings. The molecule has 3 unspecified atom stereocenters. The Morgan fingerprint density at radius 1 is 1.24 bits per heavy atom. The zero-order chi connectivity index (χ0) is 12.1. The molecule has 17 heavy (non-hydrogen) atoms. The van der Waals surface area contributed by atoms with Crippen LogP contribution in [-0.2, 0) is 0 Å². The molecule has 0 aromatic heterocycles. The molecular weight excluding hydrogens is 232 g/mol. The molecule has 0 heterocycles. The lowest BCUT2D eigenvalue weighted by atomic mass is 9.80. The van der Waals surface area contributed by atoms with E-state index in [2.05, 4.69) is 6.92 Å². The Balaban J connectivity index is 1.74. The van der Waals surface area contributed by atoms with E-state index in [-0.39, 0.29) is 0 Å². The van der Waals surface area contributed by atoms with E-state index in [0.717, 1.165) is 24.7 Å². The number of benzene rings is 1. The van der Waals surface area contributed by atoms with E-state index in [0.29, 0.717) is 11.3 Å². The number of rotatable bonds is 4. The fourth-order valence-corrected chi connectivity index (χ4v) is 2.96. The summed E-state index contributed by atoms with van der Waals surface area (Å²) in [6.45, 7) is 3.11. The summed E-state index contributed by atoms with van der Waals surface area (Å²) in [5.41, 5.74) is 0. The minimum absolute atomic E-state index is 0.352. The first-order chi connectivity index (χ1) is 8.25. The summed E-state index contributed by atoms with van der Waals surface area (Å²) in [7, 11) is 0. The first kappa shape index (κ1) is 12.8. The minimum atomic E-state index is 0.352. The average molecular weight is 253 g/mol. The molecule has 94 valence electrons. The maximum atomic E-state index is 6.37. The lowest BCUT2D eigenvalue weighted by molar-refractivity contribution is 0.222. The quantitative estimate of drug-likeness (QED) is 0.717. The van der Waals surface area contributed by atoms with Crippen molar-refractivity contribution in [2.75, 3.05) is 6.61 Å². The normalized spacial score (nSPS) is 28.9. The molecule has 0 amide bonds. The van der Waals surface area contributed by atoms with Gasteiger partial charge in [0.15, 0.2) is 0 Å². The molecule has 1 saturated carbocycles. The van der Waals surface area contributed by atoms with Crippen molar-refractivity contribution in [1.82, 2.24) is 0 Å². The molecule has 1 fully saturated rings. The number of hydrogen-bond donors (Lipinski definition) is 0. The van der Waals surface area contributed by atoms with Gasteiger partial charge in [-0.25, -0.2) is 0 Å². The van der Waals surface area contributed by atoms with E-state index >= 15 is 0 Å². The summed E-state index contributed by atoms with van der Waals surface area (Å²) in [5.74, 6) is 2.42. The van der Waals surface area contributed by atoms with Crippen molar-refractivity contribution in [3.63, 3.8) is 0 Å². The Morgan fingerprint density at radius 3 is 2.76 bits per heavy atom. The van der Waals surface area contributed by atoms with E-state index in [1.807, 2.05) is 30.3 Å². The van der Waals surface area contributed by atoms with Gasteiger partial charge in [0.05, 0.1) is 6.61 Å². The van der Waals surface area contributed by atoms with Crippen LogP contribution in [0.5, 0.6) is 5.75 Å². The van der Waals surface area contributed by atoms with Gasteiger partial charge in [-0.3, -0.25) is 0 Å². The monoisotopic (exact) mass is 252 g/mol. The maximum Gasteiger partial charge on any atom is 0.119 e. The molecule has 0 aliphatic heterocycles. The summed E-state index contributed by atoms with van der Waals surface area (Å²) >= 11 is 6.37. The third kappa shape index (κ3) is 3.92. The first-order valence-corrected chi connectivity index (χ1v) is 7.01. The minimum Gasteiger partial charge on any atom is -0.494 e. The summed E-state index contributed by atoms with van der Waals surface area (Å²) in [6.07, 6.45) is 4.78. The van der Waals surface area contributed by atoms with Crippen LogP contribution in [0, 0.1) is 11.8 Å². The van der Waals surface area contributed by atoms with Gasteiger partial charge in [0.25, 0.3) is 0 Å². The van der Waals surface area contributed by atoms with Gasteiger partial charge in [0, 0.05) is 5.38 Å². The summed E-state index contributed by atoms with van der Waals surface area (Å²) in [6, 6.07) is 10.0. The molecular formula is C15H21ClO. The second-order valence-electron chi connectivity index (χ2n) is 5.14. The molecule has 0 saturated heterocycles. The Morgan fingerprint density at radius 2 is 2.00 bits per heavy atom. The zero-order valence-electron chi connectivity index (χ0n) is 10.4. The van der Waals surface area contributed by atoms with Gasteiger partial charge < -0.3 is 4.74 Å². The van der Waals surface area contributed by atoms with Crippen LogP contribution < -0.4 is 4.74 Å². The maximum absolute atomic E-state index is 6.37. The Bertz CT molecular complexity index is 325. The second-order valence-corrected chi connectivity index (χ2v) is 5.71. The molecule has 2 rings (SSSR count). The highest BCUT2D eigenvalue weighted by molar-refractivity contribution is 6.20. The van der Waals surface area contributed by atoms with Crippen LogP contribution in [0.15, 0.2) is 30.3 Å². The zero-order valence-corrected chi connectivity index (χ0v) is 11.2. The number of halogens is 1. The van der Waals surface area contributed by atoms with Crippen molar-refractivity contribution in [2.45, 2.75) is 38.0 Å². The fourth-order valence-electron chi connectivity index (χ4n) is 2.61. The molecule has 3 atom stereocenters. The van der Waals surface area contributed by atoms with Gasteiger partial charge in [0.2, 0.25) is 0 Å². The van der Waals surface area contributed by atoms with E-state index in [1.165, 1.54) is 19.3 Å². The van der Waals surface area contributed by atoms with Gasteiger partial charge >= 0.3 is 0 Å². The SMILES string of the molecule is CC1CCC(Cl)C(CCOc2ccccc2)C1. The first-order valence-electron chi connectivity index (χ1n) is 6.57. The van der Waals surface area contributed by atoms with Crippen LogP contribution in [0.4, 0.5) is 0 Å². The predicted octanol–water partition coefficient (Wildman–Crippen LogP) is 4.50. The molecule has 1 aliphatic rings. The van der Waals surface area contributed by atoms with Crippen molar-refractivity contribution in [3.8, 4) is 5.75 Å². The van der Waals surface area contributed by atoms with Gasteiger partial charge in [-0.2, -0.15) is 0 Å². The molecule has 2 heteroatoms. The van der Waals surface area contributed by atoms with Gasteiger partial charge in [-0.15, -0.1) is 11.6 Å². The highest BCUT2D eigenvalue weighted by Crippen LogP contribution is 2.34. The largest absolute Gasteiger partial charge is 0.494 e. The van der Waals surface area contributed by atoms with Gasteiger partial charge in [0.1, 0.15) is 5.75 Å². The lowest BCUT2D eigenvalue weighted by Gasteiger charge is -2.31. The van der Waals surface area contributed by atoms with Crippen LogP contribution in [0.2, 0.25) is 0 Å². The predicted molar refractivity (Wildman–Crippen MR) is 72.7 cm³/mol. The van der Waals surface area contributed by atoms with Crippen molar-refractivity contribution in [3.05, 3.63) is 30.3 Å². The smallest absolute Gasteiger partial charge is 0.119 e. The lowest BCUT2D eigenvalue weighted by Crippen LogP contribution is -2.25. The summed E-state index contributed by atoms with van der Waals surface area (Å²) in [5, 5.41) is 0.352. The van der Waals surface area contributed by atoms with Crippen LogP contribution in [0.1, 0.15) is 32.6 Å². The topological polar surface area (TPSA) is 9.23 Å². The number of alkyl halides is 1. The van der Waals surface area contributed by atoms with Crippen LogP contribution in [-0.4, -0.2) is 12.0 Å². The molecule has 1 nitrogen and oxygen atoms in total. The molecule has 1 aromatic carbocycles. The highest BCUT2D eigenvalue weighted by Gasteiger charge is 2.26.